The van der Waals surface area contributed by atoms with Gasteiger partial charge in [0, 0.05) is 4.47 Å². The average Bonchev–Trinajstić information content (AvgIpc) is 2.13. The number of carbonyl (C=O) groups is 1. The molecule has 0 saturated carbocycles. The van der Waals surface area contributed by atoms with E-state index < -0.39 is 12.0 Å². The molecule has 0 aliphatic heterocycles. The third-order valence-corrected chi connectivity index (χ3v) is 2.64. The van der Waals surface area contributed by atoms with Gasteiger partial charge in [-0.3, -0.25) is 4.79 Å². The quantitative estimate of drug-likeness (QED) is 0.612. The normalized spacial score (nSPS) is 12.4. The molecule has 0 amide bonds. The Morgan fingerprint density at radius 2 is 1.93 bits per heavy atom. The molecule has 6 heteroatoms. The third kappa shape index (κ3) is 2.84. The molecule has 0 radical (unpaired) electrons. The van der Waals surface area contributed by atoms with Crippen molar-refractivity contribution in [2.24, 2.45) is 5.73 Å². The van der Waals surface area contributed by atoms with Crippen LogP contribution in [-0.2, 0) is 11.2 Å². The topological polar surface area (TPSA) is 104 Å². The first-order valence-corrected chi connectivity index (χ1v) is 4.90. The van der Waals surface area contributed by atoms with Gasteiger partial charge in [0.1, 0.15) is 6.04 Å². The van der Waals surface area contributed by atoms with Crippen molar-refractivity contribution < 1.29 is 20.1 Å². The summed E-state index contributed by atoms with van der Waals surface area (Å²) in [6, 6.07) is 1.53. The summed E-state index contributed by atoms with van der Waals surface area (Å²) in [4.78, 5) is 10.5. The van der Waals surface area contributed by atoms with Crippen molar-refractivity contribution in [2.75, 3.05) is 0 Å². The molecule has 0 aliphatic carbocycles. The van der Waals surface area contributed by atoms with E-state index in [1.165, 1.54) is 12.1 Å². The molecule has 0 saturated heterocycles. The minimum atomic E-state index is -1.12. The Bertz CT molecular complexity index is 394. The summed E-state index contributed by atoms with van der Waals surface area (Å²) in [5, 5.41) is 27.0. The van der Waals surface area contributed by atoms with Gasteiger partial charge in [0.25, 0.3) is 0 Å². The van der Waals surface area contributed by atoms with Crippen molar-refractivity contribution >= 4 is 21.9 Å². The van der Waals surface area contributed by atoms with E-state index in [2.05, 4.69) is 15.9 Å². The minimum Gasteiger partial charge on any atom is -0.504 e. The molecule has 0 heterocycles. The van der Waals surface area contributed by atoms with Crippen LogP contribution in [-0.4, -0.2) is 27.3 Å². The third-order valence-electron chi connectivity index (χ3n) is 1.90. The van der Waals surface area contributed by atoms with Crippen LogP contribution in [0.15, 0.2) is 16.6 Å². The van der Waals surface area contributed by atoms with Gasteiger partial charge in [-0.1, -0.05) is 15.9 Å². The zero-order valence-corrected chi connectivity index (χ0v) is 9.23. The Labute approximate surface area is 94.3 Å². The summed E-state index contributed by atoms with van der Waals surface area (Å²) in [5.41, 5.74) is 5.87. The monoisotopic (exact) mass is 275 g/mol. The second-order valence-electron chi connectivity index (χ2n) is 3.08. The largest absolute Gasteiger partial charge is 0.504 e. The highest BCUT2D eigenvalue weighted by Crippen LogP contribution is 2.31. The fraction of sp³-hybridized carbons (Fsp3) is 0.222. The van der Waals surface area contributed by atoms with Gasteiger partial charge in [0.05, 0.1) is 0 Å². The lowest BCUT2D eigenvalue weighted by Crippen LogP contribution is -2.32. The Morgan fingerprint density at radius 1 is 1.40 bits per heavy atom. The summed E-state index contributed by atoms with van der Waals surface area (Å²) in [6.45, 7) is 0. The molecule has 1 aromatic rings. The van der Waals surface area contributed by atoms with E-state index in [1.54, 1.807) is 0 Å². The lowest BCUT2D eigenvalue weighted by atomic mass is 10.1. The van der Waals surface area contributed by atoms with Crippen LogP contribution in [0.25, 0.3) is 0 Å². The highest BCUT2D eigenvalue weighted by atomic mass is 79.9. The molecule has 0 aliphatic rings. The van der Waals surface area contributed by atoms with Crippen molar-refractivity contribution in [3.63, 3.8) is 0 Å². The number of carboxylic acids is 1. The number of nitrogens with two attached hydrogens (primary N) is 1. The molecule has 0 unspecified atom stereocenters. The van der Waals surface area contributed by atoms with Gasteiger partial charge in [-0.15, -0.1) is 0 Å². The molecule has 5 nitrogen and oxygen atoms in total. The van der Waals surface area contributed by atoms with Gasteiger partial charge in [-0.2, -0.15) is 0 Å². The van der Waals surface area contributed by atoms with Crippen LogP contribution in [0.5, 0.6) is 11.5 Å². The molecular formula is C9H10BrNO4. The van der Waals surface area contributed by atoms with Crippen molar-refractivity contribution in [3.8, 4) is 11.5 Å². The van der Waals surface area contributed by atoms with Crippen LogP contribution in [0.2, 0.25) is 0 Å². The molecule has 0 fully saturated rings. The molecule has 0 aromatic heterocycles. The molecule has 0 spiro atoms. The van der Waals surface area contributed by atoms with Gasteiger partial charge in [-0.25, -0.2) is 0 Å². The summed E-state index contributed by atoms with van der Waals surface area (Å²) in [5.74, 6) is -1.69. The van der Waals surface area contributed by atoms with E-state index in [-0.39, 0.29) is 17.9 Å². The van der Waals surface area contributed by atoms with E-state index in [9.17, 15) is 9.90 Å². The SMILES string of the molecule is N[C@H](Cc1cc(O)c(O)cc1Br)C(=O)O. The second kappa shape index (κ2) is 4.50. The van der Waals surface area contributed by atoms with Crippen LogP contribution in [0, 0.1) is 0 Å². The maximum Gasteiger partial charge on any atom is 0.320 e. The number of aliphatic carboxylic acids is 1. The van der Waals surface area contributed by atoms with Crippen LogP contribution < -0.4 is 5.73 Å². The average molecular weight is 276 g/mol. The predicted molar refractivity (Wildman–Crippen MR) is 56.8 cm³/mol. The van der Waals surface area contributed by atoms with E-state index in [1.807, 2.05) is 0 Å². The summed E-state index contributed by atoms with van der Waals surface area (Å²) in [7, 11) is 0. The molecule has 15 heavy (non-hydrogen) atoms. The Hall–Kier alpha value is -1.27. The molecule has 0 bridgehead atoms. The van der Waals surface area contributed by atoms with Crippen LogP contribution >= 0.6 is 15.9 Å². The van der Waals surface area contributed by atoms with Crippen LogP contribution in [0.1, 0.15) is 5.56 Å². The number of carboxylic acid groups (broad SMARTS) is 1. The van der Waals surface area contributed by atoms with Gasteiger partial charge in [0.2, 0.25) is 0 Å². The van der Waals surface area contributed by atoms with E-state index in [0.717, 1.165) is 0 Å². The first kappa shape index (κ1) is 11.8. The van der Waals surface area contributed by atoms with Crippen molar-refractivity contribution in [2.45, 2.75) is 12.5 Å². The van der Waals surface area contributed by atoms with Crippen molar-refractivity contribution in [3.05, 3.63) is 22.2 Å². The Balaban J connectivity index is 2.95. The fourth-order valence-electron chi connectivity index (χ4n) is 1.08. The van der Waals surface area contributed by atoms with Crippen molar-refractivity contribution in [1.29, 1.82) is 0 Å². The number of halogens is 1. The zero-order valence-electron chi connectivity index (χ0n) is 7.64. The Kier molecular flexibility index (Phi) is 3.54. The first-order chi connectivity index (χ1) is 6.91. The van der Waals surface area contributed by atoms with E-state index in [0.29, 0.717) is 10.0 Å². The standard InChI is InChI=1S/C9H10BrNO4/c10-5-3-8(13)7(12)2-4(5)1-6(11)9(14)15/h2-3,6,12-13H,1,11H2,(H,14,15)/t6-/m1/s1. The molecule has 1 atom stereocenters. The number of phenols is 2. The molecule has 1 rings (SSSR count). The molecule has 1 aromatic carbocycles. The van der Waals surface area contributed by atoms with Crippen LogP contribution in [0.4, 0.5) is 0 Å². The van der Waals surface area contributed by atoms with Gasteiger partial charge in [-0.05, 0) is 24.1 Å². The number of hydrogen-bond acceptors (Lipinski definition) is 4. The number of phenolic OH excluding ortho intramolecular Hbond substituents is 2. The highest BCUT2D eigenvalue weighted by molar-refractivity contribution is 9.10. The van der Waals surface area contributed by atoms with Gasteiger partial charge < -0.3 is 21.1 Å². The number of rotatable bonds is 3. The predicted octanol–water partition coefficient (Wildman–Crippen LogP) is 0.815. The maximum atomic E-state index is 10.5. The van der Waals surface area contributed by atoms with E-state index >= 15 is 0 Å². The molecule has 5 N–H and O–H groups in total. The van der Waals surface area contributed by atoms with E-state index in [4.69, 9.17) is 15.9 Å². The molecular weight excluding hydrogens is 266 g/mol. The van der Waals surface area contributed by atoms with Gasteiger partial charge >= 0.3 is 5.97 Å². The lowest BCUT2D eigenvalue weighted by molar-refractivity contribution is -0.138. The number of hydrogen-bond donors (Lipinski definition) is 4. The summed E-state index contributed by atoms with van der Waals surface area (Å²) >= 11 is 3.14. The second-order valence-corrected chi connectivity index (χ2v) is 3.94. The highest BCUT2D eigenvalue weighted by Gasteiger charge is 2.15. The summed E-state index contributed by atoms with van der Waals surface area (Å²) < 4.78 is 0.509. The smallest absolute Gasteiger partial charge is 0.320 e. The molecule has 82 valence electrons. The number of benzene rings is 1. The van der Waals surface area contributed by atoms with Gasteiger partial charge in [0.15, 0.2) is 11.5 Å². The Morgan fingerprint density at radius 3 is 2.47 bits per heavy atom. The zero-order chi connectivity index (χ0) is 11.6. The first-order valence-electron chi connectivity index (χ1n) is 4.10. The number of aromatic hydroxyl groups is 2. The van der Waals surface area contributed by atoms with Crippen LogP contribution in [0.3, 0.4) is 0 Å². The lowest BCUT2D eigenvalue weighted by Gasteiger charge is -2.09. The summed E-state index contributed by atoms with van der Waals surface area (Å²) in [6.07, 6.45) is 0.0732. The fourth-order valence-corrected chi connectivity index (χ4v) is 1.57. The van der Waals surface area contributed by atoms with Crippen molar-refractivity contribution in [1.82, 2.24) is 0 Å². The minimum absolute atomic E-state index is 0.0732. The maximum absolute atomic E-state index is 10.5.